The number of aromatic nitrogens is 1. The SMILES string of the molecule is Cc1nc(CN2CCCN(CC(=O)O)CC2)cs1. The Morgan fingerprint density at radius 2 is 2.11 bits per heavy atom. The summed E-state index contributed by atoms with van der Waals surface area (Å²) in [5.74, 6) is -0.737. The number of hydrogen-bond donors (Lipinski definition) is 1. The van der Waals surface area contributed by atoms with Crippen molar-refractivity contribution in [1.82, 2.24) is 14.8 Å². The molecule has 2 rings (SSSR count). The van der Waals surface area contributed by atoms with Gasteiger partial charge in [-0.1, -0.05) is 0 Å². The van der Waals surface area contributed by atoms with E-state index in [1.165, 1.54) is 0 Å². The molecule has 0 aliphatic carbocycles. The first-order chi connectivity index (χ1) is 8.63. The van der Waals surface area contributed by atoms with Gasteiger partial charge < -0.3 is 5.11 Å². The molecule has 0 unspecified atom stereocenters. The third kappa shape index (κ3) is 4.04. The van der Waals surface area contributed by atoms with Gasteiger partial charge in [-0.05, 0) is 19.9 Å². The van der Waals surface area contributed by atoms with Gasteiger partial charge in [-0.15, -0.1) is 11.3 Å². The van der Waals surface area contributed by atoms with Crippen LogP contribution >= 0.6 is 11.3 Å². The van der Waals surface area contributed by atoms with Gasteiger partial charge in [0, 0.05) is 31.6 Å². The lowest BCUT2D eigenvalue weighted by Gasteiger charge is -2.19. The summed E-state index contributed by atoms with van der Waals surface area (Å²) in [6.07, 6.45) is 1.02. The van der Waals surface area contributed by atoms with Crippen molar-refractivity contribution in [2.75, 3.05) is 32.7 Å². The van der Waals surface area contributed by atoms with Crippen LogP contribution in [0.3, 0.4) is 0 Å². The number of carboxylic acids is 1. The van der Waals surface area contributed by atoms with E-state index in [2.05, 4.69) is 15.3 Å². The van der Waals surface area contributed by atoms with Gasteiger partial charge in [-0.25, -0.2) is 4.98 Å². The maximum Gasteiger partial charge on any atom is 0.317 e. The molecule has 1 fully saturated rings. The number of hydrogen-bond acceptors (Lipinski definition) is 5. The van der Waals surface area contributed by atoms with Crippen molar-refractivity contribution < 1.29 is 9.90 Å². The van der Waals surface area contributed by atoms with Gasteiger partial charge in [-0.3, -0.25) is 14.6 Å². The summed E-state index contributed by atoms with van der Waals surface area (Å²) in [6, 6.07) is 0. The average molecular weight is 269 g/mol. The zero-order valence-corrected chi connectivity index (χ0v) is 11.4. The fraction of sp³-hybridized carbons (Fsp3) is 0.667. The maximum absolute atomic E-state index is 10.7. The molecule has 6 heteroatoms. The molecule has 0 bridgehead atoms. The number of rotatable bonds is 4. The van der Waals surface area contributed by atoms with E-state index in [9.17, 15) is 4.79 Å². The molecule has 2 heterocycles. The second-order valence-corrected chi connectivity index (χ2v) is 5.72. The smallest absolute Gasteiger partial charge is 0.317 e. The summed E-state index contributed by atoms with van der Waals surface area (Å²) in [4.78, 5) is 19.5. The molecule has 5 nitrogen and oxygen atoms in total. The van der Waals surface area contributed by atoms with Crippen molar-refractivity contribution in [3.8, 4) is 0 Å². The van der Waals surface area contributed by atoms with E-state index in [0.717, 1.165) is 49.8 Å². The van der Waals surface area contributed by atoms with E-state index in [-0.39, 0.29) is 6.54 Å². The van der Waals surface area contributed by atoms with Crippen LogP contribution in [0.25, 0.3) is 0 Å². The Kier molecular flexibility index (Phi) is 4.68. The third-order valence-electron chi connectivity index (χ3n) is 3.09. The fourth-order valence-corrected chi connectivity index (χ4v) is 2.85. The normalized spacial score (nSPS) is 18.7. The molecule has 100 valence electrons. The highest BCUT2D eigenvalue weighted by atomic mass is 32.1. The largest absolute Gasteiger partial charge is 0.480 e. The lowest BCUT2D eigenvalue weighted by atomic mass is 10.3. The molecule has 0 atom stereocenters. The van der Waals surface area contributed by atoms with Gasteiger partial charge in [0.2, 0.25) is 0 Å². The van der Waals surface area contributed by atoms with Gasteiger partial charge in [-0.2, -0.15) is 0 Å². The van der Waals surface area contributed by atoms with Crippen LogP contribution in [0, 0.1) is 6.92 Å². The first kappa shape index (κ1) is 13.5. The van der Waals surface area contributed by atoms with Crippen LogP contribution in [0.15, 0.2) is 5.38 Å². The molecule has 0 aromatic carbocycles. The Hall–Kier alpha value is -0.980. The number of nitrogens with zero attached hydrogens (tertiary/aromatic N) is 3. The first-order valence-corrected chi connectivity index (χ1v) is 7.09. The van der Waals surface area contributed by atoms with Crippen LogP contribution in [0.2, 0.25) is 0 Å². The Balaban J connectivity index is 1.83. The average Bonchev–Trinajstić information content (AvgIpc) is 2.57. The monoisotopic (exact) mass is 269 g/mol. The molecular weight excluding hydrogens is 250 g/mol. The quantitative estimate of drug-likeness (QED) is 0.885. The molecule has 0 spiro atoms. The number of aryl methyl sites for hydroxylation is 1. The van der Waals surface area contributed by atoms with Crippen LogP contribution < -0.4 is 0 Å². The highest BCUT2D eigenvalue weighted by Crippen LogP contribution is 2.12. The summed E-state index contributed by atoms with van der Waals surface area (Å²) < 4.78 is 0. The third-order valence-corrected chi connectivity index (χ3v) is 3.91. The van der Waals surface area contributed by atoms with E-state index in [0.29, 0.717) is 0 Å². The van der Waals surface area contributed by atoms with Crippen LogP contribution in [-0.4, -0.2) is 58.6 Å². The predicted molar refractivity (Wildman–Crippen MR) is 70.8 cm³/mol. The number of aliphatic carboxylic acids is 1. The van der Waals surface area contributed by atoms with Crippen molar-refractivity contribution in [3.05, 3.63) is 16.1 Å². The van der Waals surface area contributed by atoms with E-state index in [4.69, 9.17) is 5.11 Å². The summed E-state index contributed by atoms with van der Waals surface area (Å²) >= 11 is 1.68. The second kappa shape index (κ2) is 6.26. The number of thiazole rings is 1. The van der Waals surface area contributed by atoms with E-state index < -0.39 is 5.97 Å². The summed E-state index contributed by atoms with van der Waals surface area (Å²) in [5.41, 5.74) is 1.13. The van der Waals surface area contributed by atoms with Gasteiger partial charge in [0.05, 0.1) is 17.2 Å². The van der Waals surface area contributed by atoms with Crippen molar-refractivity contribution >= 4 is 17.3 Å². The predicted octanol–water partition coefficient (Wildman–Crippen LogP) is 1.04. The van der Waals surface area contributed by atoms with E-state index in [1.807, 2.05) is 11.8 Å². The van der Waals surface area contributed by atoms with Gasteiger partial charge in [0.15, 0.2) is 0 Å². The molecule has 0 radical (unpaired) electrons. The highest BCUT2D eigenvalue weighted by Gasteiger charge is 2.17. The molecule has 1 aromatic rings. The molecule has 1 aromatic heterocycles. The van der Waals surface area contributed by atoms with Crippen LogP contribution in [-0.2, 0) is 11.3 Å². The van der Waals surface area contributed by atoms with Crippen molar-refractivity contribution in [2.45, 2.75) is 19.9 Å². The first-order valence-electron chi connectivity index (χ1n) is 6.21. The van der Waals surface area contributed by atoms with Gasteiger partial charge in [0.25, 0.3) is 0 Å². The van der Waals surface area contributed by atoms with E-state index in [1.54, 1.807) is 11.3 Å². The fourth-order valence-electron chi connectivity index (χ4n) is 2.24. The Morgan fingerprint density at radius 3 is 2.78 bits per heavy atom. The number of carbonyl (C=O) groups is 1. The van der Waals surface area contributed by atoms with Crippen molar-refractivity contribution in [3.63, 3.8) is 0 Å². The summed E-state index contributed by atoms with van der Waals surface area (Å²) in [5, 5.41) is 12.0. The van der Waals surface area contributed by atoms with Gasteiger partial charge in [0.1, 0.15) is 0 Å². The molecule has 0 amide bonds. The lowest BCUT2D eigenvalue weighted by molar-refractivity contribution is -0.138. The maximum atomic E-state index is 10.7. The number of carboxylic acid groups (broad SMARTS) is 1. The standard InChI is InChI=1S/C12H19N3O2S/c1-10-13-11(9-18-10)7-14-3-2-4-15(6-5-14)8-12(16)17/h9H,2-8H2,1H3,(H,16,17). The van der Waals surface area contributed by atoms with Crippen molar-refractivity contribution in [1.29, 1.82) is 0 Å². The topological polar surface area (TPSA) is 56.7 Å². The van der Waals surface area contributed by atoms with Gasteiger partial charge >= 0.3 is 5.97 Å². The zero-order valence-electron chi connectivity index (χ0n) is 10.6. The summed E-state index contributed by atoms with van der Waals surface area (Å²) in [7, 11) is 0. The highest BCUT2D eigenvalue weighted by molar-refractivity contribution is 7.09. The Bertz CT molecular complexity index is 408. The molecule has 18 heavy (non-hydrogen) atoms. The zero-order chi connectivity index (χ0) is 13.0. The minimum absolute atomic E-state index is 0.156. The molecule has 1 N–H and O–H groups in total. The van der Waals surface area contributed by atoms with Crippen LogP contribution in [0.5, 0.6) is 0 Å². The van der Waals surface area contributed by atoms with Crippen LogP contribution in [0.4, 0.5) is 0 Å². The van der Waals surface area contributed by atoms with E-state index >= 15 is 0 Å². The van der Waals surface area contributed by atoms with Crippen LogP contribution in [0.1, 0.15) is 17.1 Å². The minimum Gasteiger partial charge on any atom is -0.480 e. The Labute approximate surface area is 111 Å². The summed E-state index contributed by atoms with van der Waals surface area (Å²) in [6.45, 7) is 6.70. The second-order valence-electron chi connectivity index (χ2n) is 4.66. The molecule has 0 saturated carbocycles. The minimum atomic E-state index is -0.737. The molecule has 1 saturated heterocycles. The molecule has 1 aliphatic heterocycles. The Morgan fingerprint density at radius 1 is 1.39 bits per heavy atom. The molecular formula is C12H19N3O2S. The molecule has 1 aliphatic rings. The lowest BCUT2D eigenvalue weighted by Crippen LogP contribution is -2.34. The van der Waals surface area contributed by atoms with Crippen molar-refractivity contribution in [2.24, 2.45) is 0 Å².